The van der Waals surface area contributed by atoms with E-state index >= 15 is 0 Å². The van der Waals surface area contributed by atoms with Crippen molar-refractivity contribution in [3.8, 4) is 0 Å². The quantitative estimate of drug-likeness (QED) is 0.289. The van der Waals surface area contributed by atoms with E-state index in [2.05, 4.69) is 0 Å². The molecule has 2 aromatic rings. The Morgan fingerprint density at radius 2 is 1.76 bits per heavy atom. The molecule has 14 heteroatoms. The molecule has 1 aromatic carbocycles. The van der Waals surface area contributed by atoms with Gasteiger partial charge in [0.1, 0.15) is 29.5 Å². The molecule has 0 amide bonds. The molecular formula is C41H46O14. The first kappa shape index (κ1) is 36.6. The molecule has 1 aromatic heterocycles. The van der Waals surface area contributed by atoms with Crippen molar-refractivity contribution in [2.75, 3.05) is 7.11 Å². The number of benzene rings is 1. The van der Waals surface area contributed by atoms with Gasteiger partial charge < -0.3 is 47.8 Å². The van der Waals surface area contributed by atoms with Gasteiger partial charge in [-0.2, -0.15) is 0 Å². The summed E-state index contributed by atoms with van der Waals surface area (Å²) >= 11 is 0. The zero-order valence-electron chi connectivity index (χ0n) is 31.8. The predicted octanol–water partition coefficient (Wildman–Crippen LogP) is 4.08. The smallest absolute Gasteiger partial charge is 0.347 e. The van der Waals surface area contributed by atoms with Gasteiger partial charge in [0.2, 0.25) is 6.10 Å². The number of fused-ring (bicyclic) bond motifs is 4. The number of rotatable bonds is 8. The molecule has 0 radical (unpaired) electrons. The van der Waals surface area contributed by atoms with Crippen molar-refractivity contribution in [1.29, 1.82) is 0 Å². The van der Waals surface area contributed by atoms with Crippen molar-refractivity contribution in [3.05, 3.63) is 71.7 Å². The summed E-state index contributed by atoms with van der Waals surface area (Å²) in [4.78, 5) is 54.9. The minimum atomic E-state index is -2.47. The number of carbonyl (C=O) groups is 4. The maximum atomic E-state index is 14.1. The lowest BCUT2D eigenvalue weighted by molar-refractivity contribution is -0.457. The van der Waals surface area contributed by atoms with E-state index in [-0.39, 0.29) is 18.4 Å². The summed E-state index contributed by atoms with van der Waals surface area (Å²) in [5, 5.41) is 27.5. The highest BCUT2D eigenvalue weighted by atomic mass is 17.0. The molecule has 2 N–H and O–H groups in total. The van der Waals surface area contributed by atoms with Crippen LogP contribution in [0.1, 0.15) is 89.3 Å². The van der Waals surface area contributed by atoms with Crippen LogP contribution in [0.3, 0.4) is 0 Å². The van der Waals surface area contributed by atoms with Gasteiger partial charge in [-0.15, -0.1) is 0 Å². The lowest BCUT2D eigenvalue weighted by atomic mass is 9.34. The summed E-state index contributed by atoms with van der Waals surface area (Å²) in [6, 6.07) is 9.90. The van der Waals surface area contributed by atoms with Crippen LogP contribution in [-0.2, 0) is 47.5 Å². The largest absolute Gasteiger partial charge is 0.472 e. The van der Waals surface area contributed by atoms with E-state index in [4.69, 9.17) is 37.6 Å². The van der Waals surface area contributed by atoms with Crippen molar-refractivity contribution in [2.45, 2.75) is 120 Å². The molecule has 14 atom stereocenters. The maximum Gasteiger partial charge on any atom is 0.347 e. The Balaban J connectivity index is 1.36. The second-order valence-corrected chi connectivity index (χ2v) is 17.3. The normalized spacial score (nSPS) is 46.5. The summed E-state index contributed by atoms with van der Waals surface area (Å²) in [5.41, 5.74) is -11.3. The van der Waals surface area contributed by atoms with E-state index in [0.717, 1.165) is 14.0 Å². The number of hydrogen-bond acceptors (Lipinski definition) is 14. The summed E-state index contributed by atoms with van der Waals surface area (Å²) in [5.74, 6) is -6.76. The van der Waals surface area contributed by atoms with Gasteiger partial charge in [0.25, 0.3) is 5.97 Å². The minimum Gasteiger partial charge on any atom is -0.472 e. The first-order valence-corrected chi connectivity index (χ1v) is 18.9. The second-order valence-electron chi connectivity index (χ2n) is 17.3. The standard InChI is InChI=1S/C41H46O14/c1-8-21(2)41-53-33-39(47)32(52-30(44)23-12-10-9-11-13-23)35(5)20-37(39,46)36(6,28(35)27(31(45)48-7)50-22(3)42)38(54-41)16-15-34(4)25(40(33,38)55-41)18-26(43)51-29(34)24-14-17-49-19-24/h9-14,17-19,21,27-29,32-33,46-47H,8,15-16,20H2,1-7H3/t21?,27-,28+,29+,32+,33-,34-,35+,36-,37-,38+,39+,40-,41+/m1/s1. The SMILES string of the molecule is CCC(C)[C@@]12O[C@@H]3[C@@]4(O)[C@@H](OC(=O)c5ccccc5)[C@@]5(C)C[C@@]4(O)[C@@](C)([C@H]5[C@@H](OC(C)=O)C(=O)OC)[C@]4(CC[C@]5(C)C(=CC(=O)O[C@H]5c5ccoc5)[C@@]34O1)O2. The number of furan rings is 1. The number of methoxy groups -OCH3 is 1. The summed E-state index contributed by atoms with van der Waals surface area (Å²) in [6.45, 7) is 10.3. The second kappa shape index (κ2) is 11.1. The lowest BCUT2D eigenvalue weighted by Gasteiger charge is -2.75. The zero-order chi connectivity index (χ0) is 39.4. The molecule has 55 heavy (non-hydrogen) atoms. The molecular weight excluding hydrogens is 716 g/mol. The van der Waals surface area contributed by atoms with Crippen LogP contribution in [0.5, 0.6) is 0 Å². The van der Waals surface area contributed by atoms with Crippen LogP contribution in [0, 0.1) is 28.1 Å². The van der Waals surface area contributed by atoms with Gasteiger partial charge in [0.15, 0.2) is 11.2 Å². The van der Waals surface area contributed by atoms with Crippen molar-refractivity contribution in [1.82, 2.24) is 0 Å². The number of ether oxygens (including phenoxy) is 7. The fourth-order valence-corrected chi connectivity index (χ4v) is 12.8. The Kier molecular flexibility index (Phi) is 7.35. The van der Waals surface area contributed by atoms with E-state index in [0.29, 0.717) is 24.0 Å². The molecule has 1 spiro atoms. The Hall–Kier alpha value is -4.08. The molecule has 9 rings (SSSR count). The highest BCUT2D eigenvalue weighted by Crippen LogP contribution is 2.88. The Morgan fingerprint density at radius 1 is 1.04 bits per heavy atom. The molecule has 6 fully saturated rings. The van der Waals surface area contributed by atoms with Crippen LogP contribution in [-0.4, -0.2) is 87.9 Å². The number of carbonyl (C=O) groups excluding carboxylic acids is 4. The molecule has 14 nitrogen and oxygen atoms in total. The van der Waals surface area contributed by atoms with Crippen LogP contribution < -0.4 is 0 Å². The van der Waals surface area contributed by atoms with Crippen molar-refractivity contribution in [3.63, 3.8) is 0 Å². The fraction of sp³-hybridized carbons (Fsp3) is 0.610. The molecule has 4 saturated carbocycles. The highest BCUT2D eigenvalue weighted by Gasteiger charge is 3.03. The Bertz CT molecular complexity index is 2030. The maximum absolute atomic E-state index is 14.1. The molecule has 294 valence electrons. The van der Waals surface area contributed by atoms with Crippen LogP contribution in [0.4, 0.5) is 0 Å². The third-order valence-corrected chi connectivity index (χ3v) is 15.0. The van der Waals surface area contributed by atoms with Crippen molar-refractivity contribution in [2.24, 2.45) is 28.1 Å². The Labute approximate surface area is 317 Å². The predicted molar refractivity (Wildman–Crippen MR) is 185 cm³/mol. The average Bonchev–Trinajstić information content (AvgIpc) is 3.95. The molecule has 4 heterocycles. The average molecular weight is 763 g/mol. The van der Waals surface area contributed by atoms with Gasteiger partial charge in [0, 0.05) is 46.6 Å². The van der Waals surface area contributed by atoms with Gasteiger partial charge in [-0.1, -0.05) is 52.8 Å². The minimum absolute atomic E-state index is 0.148. The van der Waals surface area contributed by atoms with Crippen LogP contribution >= 0.6 is 0 Å². The Morgan fingerprint density at radius 3 is 2.40 bits per heavy atom. The van der Waals surface area contributed by atoms with Crippen molar-refractivity contribution < 1.29 is 67.0 Å². The third-order valence-electron chi connectivity index (χ3n) is 15.0. The van der Waals surface area contributed by atoms with Gasteiger partial charge in [-0.3, -0.25) is 4.79 Å². The number of cyclic esters (lactones) is 1. The van der Waals surface area contributed by atoms with Crippen molar-refractivity contribution >= 4 is 23.9 Å². The zero-order valence-corrected chi connectivity index (χ0v) is 31.8. The van der Waals surface area contributed by atoms with Gasteiger partial charge in [-0.25, -0.2) is 14.4 Å². The molecule has 4 bridgehead atoms. The van der Waals surface area contributed by atoms with E-state index in [9.17, 15) is 29.4 Å². The monoisotopic (exact) mass is 762 g/mol. The summed E-state index contributed by atoms with van der Waals surface area (Å²) < 4.78 is 50.5. The van der Waals surface area contributed by atoms with Crippen LogP contribution in [0.25, 0.3) is 0 Å². The van der Waals surface area contributed by atoms with Gasteiger partial charge >= 0.3 is 23.9 Å². The molecule has 2 saturated heterocycles. The molecule has 1 unspecified atom stereocenters. The number of hydrogen-bond donors (Lipinski definition) is 2. The van der Waals surface area contributed by atoms with Gasteiger partial charge in [0.05, 0.1) is 25.2 Å². The van der Waals surface area contributed by atoms with E-state index in [1.165, 1.54) is 18.6 Å². The summed E-state index contributed by atoms with van der Waals surface area (Å²) in [7, 11) is 1.16. The first-order chi connectivity index (χ1) is 25.9. The van der Waals surface area contributed by atoms with E-state index in [1.807, 2.05) is 20.8 Å². The molecule has 7 aliphatic rings. The van der Waals surface area contributed by atoms with Crippen LogP contribution in [0.2, 0.25) is 0 Å². The highest BCUT2D eigenvalue weighted by molar-refractivity contribution is 5.90. The topological polar surface area (TPSA) is 186 Å². The number of esters is 4. The molecule has 4 aliphatic carbocycles. The first-order valence-electron chi connectivity index (χ1n) is 18.9. The summed E-state index contributed by atoms with van der Waals surface area (Å²) in [6.07, 6.45) is -0.559. The molecule has 3 aliphatic heterocycles. The third kappa shape index (κ3) is 3.83. The van der Waals surface area contributed by atoms with E-state index in [1.54, 1.807) is 50.2 Å². The van der Waals surface area contributed by atoms with Gasteiger partial charge in [-0.05, 0) is 49.5 Å². The fourth-order valence-electron chi connectivity index (χ4n) is 12.8. The van der Waals surface area contributed by atoms with Crippen LogP contribution in [0.15, 0.2) is 65.0 Å². The van der Waals surface area contributed by atoms with E-state index < -0.39 is 105 Å². The number of aliphatic hydroxyl groups is 2. The lowest BCUT2D eigenvalue weighted by Crippen LogP contribution is -2.92.